The van der Waals surface area contributed by atoms with Crippen molar-refractivity contribution in [3.05, 3.63) is 82.2 Å². The van der Waals surface area contributed by atoms with Crippen molar-refractivity contribution in [3.8, 4) is 11.5 Å². The van der Waals surface area contributed by atoms with Crippen LogP contribution in [0.15, 0.2) is 70.1 Å². The standard InChI is InChI=1S/C23H24N2O4/c1-2-5-19-21(11-10-18-20(26)12-15-29-22(18)19)28-14-4-3-13-27-17-8-6-16(7-9-17)23(24)25/h3-4,6-12,15H,2,5,13-14H2,1H3,(H3,24,25). The van der Waals surface area contributed by atoms with Gasteiger partial charge in [0, 0.05) is 17.2 Å². The summed E-state index contributed by atoms with van der Waals surface area (Å²) in [5.74, 6) is 1.46. The van der Waals surface area contributed by atoms with E-state index in [1.165, 1.54) is 12.3 Å². The van der Waals surface area contributed by atoms with Crippen LogP contribution in [0.4, 0.5) is 0 Å². The highest BCUT2D eigenvalue weighted by atomic mass is 16.5. The number of nitrogens with one attached hydrogen (secondary N) is 1. The number of nitrogens with two attached hydrogens (primary N) is 1. The number of benzene rings is 2. The molecule has 0 saturated carbocycles. The highest BCUT2D eigenvalue weighted by Crippen LogP contribution is 2.28. The summed E-state index contributed by atoms with van der Waals surface area (Å²) in [4.78, 5) is 12.0. The van der Waals surface area contributed by atoms with Gasteiger partial charge in [0.2, 0.25) is 0 Å². The molecule has 0 fully saturated rings. The molecule has 1 heterocycles. The van der Waals surface area contributed by atoms with Gasteiger partial charge in [-0.15, -0.1) is 0 Å². The second-order valence-corrected chi connectivity index (χ2v) is 6.49. The molecule has 0 aliphatic heterocycles. The van der Waals surface area contributed by atoms with E-state index >= 15 is 0 Å². The zero-order valence-corrected chi connectivity index (χ0v) is 16.3. The molecule has 0 bridgehead atoms. The van der Waals surface area contributed by atoms with Gasteiger partial charge in [-0.2, -0.15) is 0 Å². The zero-order chi connectivity index (χ0) is 20.6. The zero-order valence-electron chi connectivity index (χ0n) is 16.3. The van der Waals surface area contributed by atoms with Crippen molar-refractivity contribution in [2.45, 2.75) is 19.8 Å². The van der Waals surface area contributed by atoms with Gasteiger partial charge in [0.15, 0.2) is 5.43 Å². The summed E-state index contributed by atoms with van der Waals surface area (Å²) in [6, 6.07) is 12.0. The lowest BCUT2D eigenvalue weighted by Crippen LogP contribution is -2.10. The number of amidine groups is 1. The monoisotopic (exact) mass is 392 g/mol. The molecule has 0 unspecified atom stereocenters. The average molecular weight is 392 g/mol. The molecular weight excluding hydrogens is 368 g/mol. The minimum absolute atomic E-state index is 0.0315. The summed E-state index contributed by atoms with van der Waals surface area (Å²) in [6.45, 7) is 2.85. The second-order valence-electron chi connectivity index (χ2n) is 6.49. The topological polar surface area (TPSA) is 98.5 Å². The number of fused-ring (bicyclic) bond motifs is 1. The van der Waals surface area contributed by atoms with Crippen molar-refractivity contribution in [1.29, 1.82) is 5.41 Å². The first-order valence-electron chi connectivity index (χ1n) is 9.48. The summed E-state index contributed by atoms with van der Waals surface area (Å²) in [5.41, 5.74) is 7.55. The van der Waals surface area contributed by atoms with E-state index < -0.39 is 0 Å². The molecule has 1 aromatic heterocycles. The fourth-order valence-electron chi connectivity index (χ4n) is 2.96. The summed E-state index contributed by atoms with van der Waals surface area (Å²) < 4.78 is 17.1. The fraction of sp³-hybridized carbons (Fsp3) is 0.217. The van der Waals surface area contributed by atoms with Gasteiger partial charge in [-0.25, -0.2) is 0 Å². The molecule has 0 atom stereocenters. The van der Waals surface area contributed by atoms with Crippen molar-refractivity contribution in [2.24, 2.45) is 5.73 Å². The van der Waals surface area contributed by atoms with Crippen molar-refractivity contribution in [1.82, 2.24) is 0 Å². The molecule has 150 valence electrons. The first-order chi connectivity index (χ1) is 14.1. The molecule has 0 aliphatic carbocycles. The van der Waals surface area contributed by atoms with E-state index in [1.807, 2.05) is 18.2 Å². The van der Waals surface area contributed by atoms with Gasteiger partial charge in [-0.05, 0) is 55.0 Å². The van der Waals surface area contributed by atoms with Crippen LogP contribution in [0.3, 0.4) is 0 Å². The lowest BCUT2D eigenvalue weighted by atomic mass is 10.1. The quantitative estimate of drug-likeness (QED) is 0.325. The molecule has 6 heteroatoms. The average Bonchev–Trinajstić information content (AvgIpc) is 2.72. The second kappa shape index (κ2) is 9.59. The number of ether oxygens (including phenoxy) is 2. The molecular formula is C23H24N2O4. The Hall–Kier alpha value is -3.54. The van der Waals surface area contributed by atoms with Crippen LogP contribution in [0.1, 0.15) is 24.5 Å². The van der Waals surface area contributed by atoms with Crippen LogP contribution in [0.25, 0.3) is 11.0 Å². The predicted octanol–water partition coefficient (Wildman–Crippen LogP) is 4.04. The molecule has 29 heavy (non-hydrogen) atoms. The Labute approximate surface area is 169 Å². The van der Waals surface area contributed by atoms with Crippen LogP contribution in [-0.4, -0.2) is 19.0 Å². The van der Waals surface area contributed by atoms with Crippen molar-refractivity contribution in [3.63, 3.8) is 0 Å². The van der Waals surface area contributed by atoms with Gasteiger partial charge in [-0.3, -0.25) is 10.2 Å². The number of hydrogen-bond donors (Lipinski definition) is 2. The molecule has 0 aliphatic rings. The molecule has 0 saturated heterocycles. The van der Waals surface area contributed by atoms with Crippen LogP contribution < -0.4 is 20.6 Å². The smallest absolute Gasteiger partial charge is 0.192 e. The molecule has 3 N–H and O–H groups in total. The molecule has 3 aromatic rings. The van der Waals surface area contributed by atoms with E-state index in [9.17, 15) is 4.79 Å². The number of aryl methyl sites for hydroxylation is 1. The Kier molecular flexibility index (Phi) is 6.68. The normalized spacial score (nSPS) is 11.1. The Morgan fingerprint density at radius 2 is 1.79 bits per heavy atom. The molecule has 0 spiro atoms. The first-order valence-corrected chi connectivity index (χ1v) is 9.48. The maximum Gasteiger partial charge on any atom is 0.192 e. The highest BCUT2D eigenvalue weighted by molar-refractivity contribution is 5.94. The van der Waals surface area contributed by atoms with E-state index in [4.69, 9.17) is 25.0 Å². The Bertz CT molecular complexity index is 1070. The lowest BCUT2D eigenvalue weighted by Gasteiger charge is -2.11. The van der Waals surface area contributed by atoms with Gasteiger partial charge in [0.25, 0.3) is 0 Å². The Balaban J connectivity index is 1.58. The van der Waals surface area contributed by atoms with Gasteiger partial charge >= 0.3 is 0 Å². The SMILES string of the molecule is CCCc1c(OCC=CCOc2ccc(C(=N)N)cc2)ccc2c(=O)ccoc12. The third-order valence-corrected chi connectivity index (χ3v) is 4.40. The summed E-state index contributed by atoms with van der Waals surface area (Å²) in [7, 11) is 0. The molecule has 3 rings (SSSR count). The van der Waals surface area contributed by atoms with Gasteiger partial charge in [0.05, 0.1) is 11.6 Å². The molecule has 0 radical (unpaired) electrons. The third-order valence-electron chi connectivity index (χ3n) is 4.40. The van der Waals surface area contributed by atoms with Crippen LogP contribution in [0.2, 0.25) is 0 Å². The minimum atomic E-state index is -0.0523. The fourth-order valence-corrected chi connectivity index (χ4v) is 2.96. The summed E-state index contributed by atoms with van der Waals surface area (Å²) in [5, 5.41) is 7.95. The maximum absolute atomic E-state index is 12.0. The van der Waals surface area contributed by atoms with Crippen molar-refractivity contribution in [2.75, 3.05) is 13.2 Å². The van der Waals surface area contributed by atoms with E-state index in [0.717, 1.165) is 24.2 Å². The van der Waals surface area contributed by atoms with Gasteiger partial charge in [-0.1, -0.05) is 13.3 Å². The molecule has 2 aromatic carbocycles. The Morgan fingerprint density at radius 1 is 1.07 bits per heavy atom. The molecule has 0 amide bonds. The van der Waals surface area contributed by atoms with E-state index in [0.29, 0.717) is 35.5 Å². The number of rotatable bonds is 9. The lowest BCUT2D eigenvalue weighted by molar-refractivity contribution is 0.348. The van der Waals surface area contributed by atoms with Crippen LogP contribution >= 0.6 is 0 Å². The largest absolute Gasteiger partial charge is 0.490 e. The van der Waals surface area contributed by atoms with E-state index in [1.54, 1.807) is 30.3 Å². The minimum Gasteiger partial charge on any atom is -0.490 e. The summed E-state index contributed by atoms with van der Waals surface area (Å²) >= 11 is 0. The maximum atomic E-state index is 12.0. The van der Waals surface area contributed by atoms with Gasteiger partial charge < -0.3 is 19.6 Å². The van der Waals surface area contributed by atoms with Crippen LogP contribution in [0, 0.1) is 5.41 Å². The first kappa shape index (κ1) is 20.2. The van der Waals surface area contributed by atoms with Crippen molar-refractivity contribution < 1.29 is 13.9 Å². The van der Waals surface area contributed by atoms with Crippen molar-refractivity contribution >= 4 is 16.8 Å². The summed E-state index contributed by atoms with van der Waals surface area (Å²) in [6.07, 6.45) is 6.86. The Morgan fingerprint density at radius 3 is 2.48 bits per heavy atom. The van der Waals surface area contributed by atoms with E-state index in [-0.39, 0.29) is 11.3 Å². The number of hydrogen-bond acceptors (Lipinski definition) is 5. The predicted molar refractivity (Wildman–Crippen MR) is 114 cm³/mol. The van der Waals surface area contributed by atoms with Crippen LogP contribution in [0.5, 0.6) is 11.5 Å². The van der Waals surface area contributed by atoms with E-state index in [2.05, 4.69) is 6.92 Å². The van der Waals surface area contributed by atoms with Gasteiger partial charge in [0.1, 0.15) is 36.1 Å². The third kappa shape index (κ3) is 5.04. The number of nitrogen functional groups attached to an aromatic ring is 1. The highest BCUT2D eigenvalue weighted by Gasteiger charge is 2.12. The molecule has 6 nitrogen and oxygen atoms in total. The van der Waals surface area contributed by atoms with Crippen LogP contribution in [-0.2, 0) is 6.42 Å².